The molecule has 7 nitrogen and oxygen atoms in total. The van der Waals surface area contributed by atoms with E-state index in [1.54, 1.807) is 26.0 Å². The lowest BCUT2D eigenvalue weighted by Gasteiger charge is -2.28. The second-order valence-electron chi connectivity index (χ2n) is 8.08. The number of nitrogens with one attached hydrogen (secondary N) is 2. The van der Waals surface area contributed by atoms with E-state index in [-0.39, 0.29) is 24.6 Å². The van der Waals surface area contributed by atoms with E-state index in [0.29, 0.717) is 27.7 Å². The van der Waals surface area contributed by atoms with Crippen molar-refractivity contribution in [2.24, 2.45) is 0 Å². The quantitative estimate of drug-likeness (QED) is 0.490. The standard InChI is InChI=1S/C26H27N3O4S/c1-3-33-26(32)23-17(2)22(24(31)27-20-11-5-4-6-12-20)25(34-23)28-21(30)16-29-14-13-18-9-7-8-10-19(18)15-29/h4-12H,3,13-16H2,1-2H3,(H,27,31)(H,28,30). The molecular weight excluding hydrogens is 450 g/mol. The van der Waals surface area contributed by atoms with Gasteiger partial charge in [0.1, 0.15) is 9.88 Å². The topological polar surface area (TPSA) is 87.7 Å². The predicted molar refractivity (Wildman–Crippen MR) is 133 cm³/mol. The fraction of sp³-hybridized carbons (Fsp3) is 0.269. The minimum Gasteiger partial charge on any atom is -0.462 e. The number of esters is 1. The molecular formula is C26H27N3O4S. The maximum Gasteiger partial charge on any atom is 0.348 e. The average molecular weight is 478 g/mol. The van der Waals surface area contributed by atoms with E-state index in [1.165, 1.54) is 11.1 Å². The van der Waals surface area contributed by atoms with Gasteiger partial charge in [-0.15, -0.1) is 11.3 Å². The van der Waals surface area contributed by atoms with E-state index in [4.69, 9.17) is 4.74 Å². The van der Waals surface area contributed by atoms with Gasteiger partial charge in [-0.2, -0.15) is 0 Å². The van der Waals surface area contributed by atoms with Crippen LogP contribution in [-0.4, -0.2) is 42.4 Å². The van der Waals surface area contributed by atoms with E-state index in [9.17, 15) is 14.4 Å². The molecule has 0 radical (unpaired) electrons. The number of nitrogens with zero attached hydrogens (tertiary/aromatic N) is 1. The highest BCUT2D eigenvalue weighted by Gasteiger charge is 2.27. The lowest BCUT2D eigenvalue weighted by molar-refractivity contribution is -0.117. The van der Waals surface area contributed by atoms with E-state index in [2.05, 4.69) is 27.7 Å². The van der Waals surface area contributed by atoms with Crippen LogP contribution in [0.25, 0.3) is 0 Å². The van der Waals surface area contributed by atoms with Crippen molar-refractivity contribution >= 4 is 39.8 Å². The fourth-order valence-corrected chi connectivity index (χ4v) is 5.15. The van der Waals surface area contributed by atoms with Gasteiger partial charge in [0.15, 0.2) is 0 Å². The van der Waals surface area contributed by atoms with E-state index in [1.807, 2.05) is 30.3 Å². The Labute approximate surface area is 202 Å². The van der Waals surface area contributed by atoms with Crippen LogP contribution in [0.2, 0.25) is 0 Å². The summed E-state index contributed by atoms with van der Waals surface area (Å²) in [5, 5.41) is 6.06. The Bertz CT molecular complexity index is 1210. The van der Waals surface area contributed by atoms with Gasteiger partial charge in [-0.3, -0.25) is 14.5 Å². The van der Waals surface area contributed by atoms with Crippen molar-refractivity contribution < 1.29 is 19.1 Å². The first-order chi connectivity index (χ1) is 16.5. The first-order valence-electron chi connectivity index (χ1n) is 11.2. The second-order valence-corrected chi connectivity index (χ2v) is 9.10. The van der Waals surface area contributed by atoms with Gasteiger partial charge in [0.2, 0.25) is 5.91 Å². The Morgan fingerprint density at radius 2 is 1.71 bits per heavy atom. The van der Waals surface area contributed by atoms with Crippen LogP contribution < -0.4 is 10.6 Å². The maximum atomic E-state index is 13.1. The molecule has 2 aromatic carbocycles. The molecule has 0 spiro atoms. The molecule has 34 heavy (non-hydrogen) atoms. The van der Waals surface area contributed by atoms with Gasteiger partial charge in [-0.25, -0.2) is 4.79 Å². The maximum absolute atomic E-state index is 13.1. The third-order valence-electron chi connectivity index (χ3n) is 5.70. The number of hydrogen-bond donors (Lipinski definition) is 2. The van der Waals surface area contributed by atoms with Gasteiger partial charge < -0.3 is 15.4 Å². The highest BCUT2D eigenvalue weighted by atomic mass is 32.1. The number of thiophene rings is 1. The molecule has 0 atom stereocenters. The number of hydrogen-bond acceptors (Lipinski definition) is 6. The Morgan fingerprint density at radius 3 is 2.44 bits per heavy atom. The Hall–Kier alpha value is -3.49. The highest BCUT2D eigenvalue weighted by Crippen LogP contribution is 2.34. The zero-order valence-corrected chi connectivity index (χ0v) is 20.0. The third kappa shape index (κ3) is 5.35. The SMILES string of the molecule is CCOC(=O)c1sc(NC(=O)CN2CCc3ccccc3C2)c(C(=O)Nc2ccccc2)c1C. The summed E-state index contributed by atoms with van der Waals surface area (Å²) in [6.45, 7) is 5.31. The zero-order chi connectivity index (χ0) is 24.1. The number of carbonyl (C=O) groups is 3. The van der Waals surface area contributed by atoms with Crippen molar-refractivity contribution in [2.45, 2.75) is 26.8 Å². The van der Waals surface area contributed by atoms with Crippen molar-refractivity contribution in [2.75, 3.05) is 30.3 Å². The Kier molecular flexibility index (Phi) is 7.40. The van der Waals surface area contributed by atoms with Crippen LogP contribution in [0.3, 0.4) is 0 Å². The molecule has 8 heteroatoms. The molecule has 2 N–H and O–H groups in total. The van der Waals surface area contributed by atoms with Gasteiger partial charge in [-0.05, 0) is 49.1 Å². The monoisotopic (exact) mass is 477 g/mol. The predicted octanol–water partition coefficient (Wildman–Crippen LogP) is 4.48. The van der Waals surface area contributed by atoms with Crippen LogP contribution in [0.1, 0.15) is 43.6 Å². The van der Waals surface area contributed by atoms with E-state index in [0.717, 1.165) is 24.3 Å². The third-order valence-corrected chi connectivity index (χ3v) is 6.88. The van der Waals surface area contributed by atoms with Crippen LogP contribution in [0.5, 0.6) is 0 Å². The summed E-state index contributed by atoms with van der Waals surface area (Å²) >= 11 is 1.07. The minimum atomic E-state index is -0.508. The average Bonchev–Trinajstić information content (AvgIpc) is 3.15. The number of ether oxygens (including phenoxy) is 1. The van der Waals surface area contributed by atoms with Crippen molar-refractivity contribution in [3.05, 3.63) is 81.7 Å². The van der Waals surface area contributed by atoms with E-state index < -0.39 is 11.9 Å². The van der Waals surface area contributed by atoms with Gasteiger partial charge in [-0.1, -0.05) is 42.5 Å². The molecule has 0 saturated heterocycles. The molecule has 0 bridgehead atoms. The smallest absolute Gasteiger partial charge is 0.348 e. The van der Waals surface area contributed by atoms with Crippen molar-refractivity contribution in [1.29, 1.82) is 0 Å². The summed E-state index contributed by atoms with van der Waals surface area (Å²) < 4.78 is 5.15. The number of rotatable bonds is 7. The number of amides is 2. The molecule has 2 amide bonds. The summed E-state index contributed by atoms with van der Waals surface area (Å²) in [7, 11) is 0. The summed E-state index contributed by atoms with van der Waals surface area (Å²) in [6.07, 6.45) is 0.888. The molecule has 1 aliphatic rings. The molecule has 3 aromatic rings. The van der Waals surface area contributed by atoms with E-state index >= 15 is 0 Å². The van der Waals surface area contributed by atoms with Gasteiger partial charge in [0, 0.05) is 18.8 Å². The number of fused-ring (bicyclic) bond motifs is 1. The first-order valence-corrected chi connectivity index (χ1v) is 12.0. The molecule has 176 valence electrons. The molecule has 0 unspecified atom stereocenters. The van der Waals surface area contributed by atoms with Crippen molar-refractivity contribution in [3.8, 4) is 0 Å². The molecule has 1 aromatic heterocycles. The molecule has 1 aliphatic heterocycles. The summed E-state index contributed by atoms with van der Waals surface area (Å²) in [5.74, 6) is -1.13. The van der Waals surface area contributed by atoms with Gasteiger partial charge >= 0.3 is 5.97 Å². The summed E-state index contributed by atoms with van der Waals surface area (Å²) in [6, 6.07) is 17.3. The van der Waals surface area contributed by atoms with Crippen LogP contribution >= 0.6 is 11.3 Å². The minimum absolute atomic E-state index is 0.194. The molecule has 2 heterocycles. The van der Waals surface area contributed by atoms with Crippen LogP contribution in [0, 0.1) is 6.92 Å². The molecule has 0 aliphatic carbocycles. The fourth-order valence-electron chi connectivity index (χ4n) is 4.04. The first kappa shape index (κ1) is 23.7. The number of para-hydroxylation sites is 1. The van der Waals surface area contributed by atoms with Gasteiger partial charge in [0.25, 0.3) is 5.91 Å². The van der Waals surface area contributed by atoms with Crippen LogP contribution in [0.15, 0.2) is 54.6 Å². The number of anilines is 2. The molecule has 4 rings (SSSR count). The molecule has 0 saturated carbocycles. The Morgan fingerprint density at radius 1 is 1.00 bits per heavy atom. The van der Waals surface area contributed by atoms with Gasteiger partial charge in [0.05, 0.1) is 18.7 Å². The van der Waals surface area contributed by atoms with Crippen molar-refractivity contribution in [3.63, 3.8) is 0 Å². The normalized spacial score (nSPS) is 13.1. The lowest BCUT2D eigenvalue weighted by Crippen LogP contribution is -2.37. The Balaban J connectivity index is 1.53. The van der Waals surface area contributed by atoms with Crippen LogP contribution in [0.4, 0.5) is 10.7 Å². The second kappa shape index (κ2) is 10.6. The zero-order valence-electron chi connectivity index (χ0n) is 19.2. The highest BCUT2D eigenvalue weighted by molar-refractivity contribution is 7.18. The largest absolute Gasteiger partial charge is 0.462 e. The summed E-state index contributed by atoms with van der Waals surface area (Å²) in [5.41, 5.74) is 3.92. The number of benzene rings is 2. The summed E-state index contributed by atoms with van der Waals surface area (Å²) in [4.78, 5) is 40.9. The van der Waals surface area contributed by atoms with Crippen molar-refractivity contribution in [1.82, 2.24) is 4.90 Å². The van der Waals surface area contributed by atoms with Crippen LogP contribution in [-0.2, 0) is 22.5 Å². The lowest BCUT2D eigenvalue weighted by atomic mass is 10.00. The number of carbonyl (C=O) groups excluding carboxylic acids is 3. The molecule has 0 fully saturated rings.